The van der Waals surface area contributed by atoms with E-state index in [-0.39, 0.29) is 11.7 Å². The maximum absolute atomic E-state index is 14.3. The number of benzene rings is 1. The maximum atomic E-state index is 14.3. The number of aliphatic carboxylic acids is 1. The van der Waals surface area contributed by atoms with Gasteiger partial charge in [0.1, 0.15) is 5.82 Å². The summed E-state index contributed by atoms with van der Waals surface area (Å²) in [6.07, 6.45) is 11.8. The molecule has 2 atom stereocenters. The van der Waals surface area contributed by atoms with Crippen molar-refractivity contribution in [3.8, 4) is 0 Å². The van der Waals surface area contributed by atoms with Gasteiger partial charge in [0.25, 0.3) is 0 Å². The van der Waals surface area contributed by atoms with Crippen molar-refractivity contribution in [1.82, 2.24) is 19.6 Å². The second kappa shape index (κ2) is 11.9. The highest BCUT2D eigenvalue weighted by atomic mass is 19.1. The molecular formula is C33H47FN4O2. The Bertz CT molecular complexity index is 1180. The molecule has 0 radical (unpaired) electrons. The van der Waals surface area contributed by atoms with Gasteiger partial charge in [0.15, 0.2) is 0 Å². The molecule has 1 aliphatic carbocycles. The Kier molecular flexibility index (Phi) is 8.32. The number of fused-ring (bicyclic) bond motifs is 1. The molecule has 6 rings (SSSR count). The highest BCUT2D eigenvalue weighted by Gasteiger charge is 2.44. The van der Waals surface area contributed by atoms with Crippen molar-refractivity contribution < 1.29 is 14.3 Å². The lowest BCUT2D eigenvalue weighted by Crippen LogP contribution is -2.44. The number of piperidine rings is 1. The van der Waals surface area contributed by atoms with E-state index in [2.05, 4.69) is 27.5 Å². The Morgan fingerprint density at radius 3 is 2.58 bits per heavy atom. The van der Waals surface area contributed by atoms with Crippen molar-refractivity contribution in [2.45, 2.75) is 95.9 Å². The highest BCUT2D eigenvalue weighted by Crippen LogP contribution is 2.42. The molecule has 40 heavy (non-hydrogen) atoms. The number of halogens is 1. The van der Waals surface area contributed by atoms with Gasteiger partial charge in [-0.15, -0.1) is 0 Å². The number of aryl methyl sites for hydroxylation is 2. The van der Waals surface area contributed by atoms with Gasteiger partial charge in [-0.3, -0.25) is 9.48 Å². The molecule has 0 unspecified atom stereocenters. The van der Waals surface area contributed by atoms with E-state index in [0.717, 1.165) is 83.4 Å². The number of carboxylic acids is 1. The summed E-state index contributed by atoms with van der Waals surface area (Å²) in [6, 6.07) is 7.13. The van der Waals surface area contributed by atoms with Gasteiger partial charge in [-0.05, 0) is 99.6 Å². The zero-order chi connectivity index (χ0) is 27.7. The molecule has 0 bridgehead atoms. The first kappa shape index (κ1) is 27.9. The molecule has 4 aliphatic rings. The monoisotopic (exact) mass is 550 g/mol. The van der Waals surface area contributed by atoms with Crippen molar-refractivity contribution >= 4 is 5.97 Å². The number of nitrogens with zero attached hydrogens (tertiary/aromatic N) is 4. The minimum absolute atomic E-state index is 0.180. The summed E-state index contributed by atoms with van der Waals surface area (Å²) < 4.78 is 16.6. The van der Waals surface area contributed by atoms with E-state index in [9.17, 15) is 14.3 Å². The minimum atomic E-state index is -0.631. The molecular weight excluding hydrogens is 503 g/mol. The summed E-state index contributed by atoms with van der Waals surface area (Å²) in [5, 5.41) is 15.2. The fourth-order valence-corrected chi connectivity index (χ4v) is 8.52. The predicted molar refractivity (Wildman–Crippen MR) is 155 cm³/mol. The molecule has 2 saturated heterocycles. The van der Waals surface area contributed by atoms with Gasteiger partial charge in [0.05, 0.1) is 11.1 Å². The number of carbonyl (C=O) groups is 1. The number of hydrogen-bond donors (Lipinski definition) is 1. The van der Waals surface area contributed by atoms with Crippen LogP contribution in [0.5, 0.6) is 0 Å². The SMILES string of the molecule is CCc1nn2c(c1C1CCN(C[C@H]3CN(CC4(C(=O)O)CCCCC4)C[C@@H]3c3cccc(F)c3)CC1)CCCC2. The Morgan fingerprint density at radius 1 is 1.05 bits per heavy atom. The Labute approximate surface area is 238 Å². The molecule has 1 aromatic heterocycles. The molecule has 3 aliphatic heterocycles. The van der Waals surface area contributed by atoms with Gasteiger partial charge in [-0.1, -0.05) is 38.3 Å². The fourth-order valence-electron chi connectivity index (χ4n) is 8.52. The fraction of sp³-hybridized carbons (Fsp3) is 0.697. The lowest BCUT2D eigenvalue weighted by atomic mass is 9.73. The first-order valence-electron chi connectivity index (χ1n) is 16.0. The van der Waals surface area contributed by atoms with Crippen LogP contribution < -0.4 is 0 Å². The van der Waals surface area contributed by atoms with E-state index in [1.807, 2.05) is 6.07 Å². The molecule has 6 nitrogen and oxygen atoms in total. The number of hydrogen-bond acceptors (Lipinski definition) is 4. The second-order valence-electron chi connectivity index (χ2n) is 13.2. The summed E-state index contributed by atoms with van der Waals surface area (Å²) in [5.74, 6) is 0.406. The number of carboxylic acid groups (broad SMARTS) is 1. The lowest BCUT2D eigenvalue weighted by Gasteiger charge is -2.37. The first-order chi connectivity index (χ1) is 19.5. The number of aromatic nitrogens is 2. The molecule has 2 aromatic rings. The third kappa shape index (κ3) is 5.61. The van der Waals surface area contributed by atoms with Crippen molar-refractivity contribution in [2.75, 3.05) is 39.3 Å². The van der Waals surface area contributed by atoms with Crippen LogP contribution in [0.15, 0.2) is 24.3 Å². The van der Waals surface area contributed by atoms with Crippen molar-refractivity contribution in [2.24, 2.45) is 11.3 Å². The van der Waals surface area contributed by atoms with E-state index < -0.39 is 11.4 Å². The molecule has 1 saturated carbocycles. The topological polar surface area (TPSA) is 61.6 Å². The molecule has 0 spiro atoms. The van der Waals surface area contributed by atoms with Crippen LogP contribution in [-0.2, 0) is 24.2 Å². The van der Waals surface area contributed by atoms with Crippen LogP contribution >= 0.6 is 0 Å². The van der Waals surface area contributed by atoms with Crippen LogP contribution in [0.2, 0.25) is 0 Å². The van der Waals surface area contributed by atoms with Gasteiger partial charge < -0.3 is 14.9 Å². The summed E-state index contributed by atoms with van der Waals surface area (Å²) in [5.41, 5.74) is 4.84. The molecule has 7 heteroatoms. The Morgan fingerprint density at radius 2 is 1.85 bits per heavy atom. The lowest BCUT2D eigenvalue weighted by molar-refractivity contribution is -0.152. The minimum Gasteiger partial charge on any atom is -0.481 e. The number of likely N-dealkylation sites (tertiary alicyclic amines) is 2. The van der Waals surface area contributed by atoms with Crippen LogP contribution in [0.4, 0.5) is 4.39 Å². The van der Waals surface area contributed by atoms with E-state index >= 15 is 0 Å². The average molecular weight is 551 g/mol. The summed E-state index contributed by atoms with van der Waals surface area (Å²) in [4.78, 5) is 17.5. The standard InChI is InChI=1S/C33H47FN4O2/c1-2-29-31(30-11-4-7-16-38(30)35-29)24-12-17-36(18-13-24)20-26-21-37(22-28(26)25-9-8-10-27(34)19-25)23-33(32(39)40)14-5-3-6-15-33/h8-10,19,24,26,28H,2-7,11-18,20-23H2,1H3,(H,39,40)/t26-,28+/m0/s1. The molecule has 3 fully saturated rings. The molecule has 218 valence electrons. The van der Waals surface area contributed by atoms with Crippen LogP contribution in [0.25, 0.3) is 0 Å². The van der Waals surface area contributed by atoms with Gasteiger partial charge in [0.2, 0.25) is 0 Å². The van der Waals surface area contributed by atoms with Crippen molar-refractivity contribution in [3.63, 3.8) is 0 Å². The highest BCUT2D eigenvalue weighted by molar-refractivity contribution is 5.75. The van der Waals surface area contributed by atoms with E-state index in [1.54, 1.807) is 11.6 Å². The predicted octanol–water partition coefficient (Wildman–Crippen LogP) is 5.85. The maximum Gasteiger partial charge on any atom is 0.310 e. The van der Waals surface area contributed by atoms with Crippen molar-refractivity contribution in [3.05, 3.63) is 52.6 Å². The summed E-state index contributed by atoms with van der Waals surface area (Å²) in [6.45, 7) is 8.83. The first-order valence-corrected chi connectivity index (χ1v) is 16.0. The molecule has 4 heterocycles. The van der Waals surface area contributed by atoms with Crippen molar-refractivity contribution in [1.29, 1.82) is 0 Å². The average Bonchev–Trinajstić information content (AvgIpc) is 3.54. The molecule has 1 aromatic carbocycles. The normalized spacial score (nSPS) is 26.1. The summed E-state index contributed by atoms with van der Waals surface area (Å²) >= 11 is 0. The van der Waals surface area contributed by atoms with E-state index in [1.165, 1.54) is 49.6 Å². The quantitative estimate of drug-likeness (QED) is 0.447. The largest absolute Gasteiger partial charge is 0.481 e. The third-order valence-electron chi connectivity index (χ3n) is 10.6. The van der Waals surface area contributed by atoms with E-state index in [0.29, 0.717) is 18.4 Å². The van der Waals surface area contributed by atoms with Gasteiger partial charge in [-0.2, -0.15) is 5.10 Å². The number of rotatable bonds is 8. The Hall–Kier alpha value is -2.25. The molecule has 0 amide bonds. The zero-order valence-corrected chi connectivity index (χ0v) is 24.3. The van der Waals surface area contributed by atoms with Crippen LogP contribution in [0.3, 0.4) is 0 Å². The van der Waals surface area contributed by atoms with Gasteiger partial charge in [0, 0.05) is 44.3 Å². The van der Waals surface area contributed by atoms with Crippen LogP contribution in [0, 0.1) is 17.2 Å². The van der Waals surface area contributed by atoms with E-state index in [4.69, 9.17) is 5.10 Å². The summed E-state index contributed by atoms with van der Waals surface area (Å²) in [7, 11) is 0. The van der Waals surface area contributed by atoms with Crippen LogP contribution in [-0.4, -0.2) is 69.9 Å². The smallest absolute Gasteiger partial charge is 0.310 e. The van der Waals surface area contributed by atoms with Gasteiger partial charge >= 0.3 is 5.97 Å². The third-order valence-corrected chi connectivity index (χ3v) is 10.6. The zero-order valence-electron chi connectivity index (χ0n) is 24.3. The van der Waals surface area contributed by atoms with Crippen LogP contribution in [0.1, 0.15) is 99.1 Å². The molecule has 1 N–H and O–H groups in total. The second-order valence-corrected chi connectivity index (χ2v) is 13.2. The Balaban J connectivity index is 1.15. The van der Waals surface area contributed by atoms with Gasteiger partial charge in [-0.25, -0.2) is 4.39 Å².